The summed E-state index contributed by atoms with van der Waals surface area (Å²) in [6.45, 7) is 5.69. The topological polar surface area (TPSA) is 44.5 Å². The van der Waals surface area contributed by atoms with Crippen molar-refractivity contribution >= 4 is 0 Å². The molecule has 3 nitrogen and oxygen atoms in total. The van der Waals surface area contributed by atoms with Crippen LogP contribution in [0, 0.1) is 5.92 Å². The summed E-state index contributed by atoms with van der Waals surface area (Å²) in [5.74, 6) is 2.36. The van der Waals surface area contributed by atoms with Crippen LogP contribution in [-0.4, -0.2) is 13.7 Å². The molecular formula is C14H23NO2. The van der Waals surface area contributed by atoms with Crippen molar-refractivity contribution in [2.75, 3.05) is 13.7 Å². The van der Waals surface area contributed by atoms with E-state index in [2.05, 4.69) is 13.8 Å². The van der Waals surface area contributed by atoms with E-state index in [1.807, 2.05) is 18.2 Å². The fourth-order valence-electron chi connectivity index (χ4n) is 1.63. The Balaban J connectivity index is 2.51. The molecule has 0 fully saturated rings. The maximum Gasteiger partial charge on any atom is 0.123 e. The number of methoxy groups -OCH3 is 1. The summed E-state index contributed by atoms with van der Waals surface area (Å²) in [4.78, 5) is 0. The van der Waals surface area contributed by atoms with Crippen molar-refractivity contribution in [3.8, 4) is 11.5 Å². The molecule has 0 saturated carbocycles. The Morgan fingerprint density at radius 2 is 1.88 bits per heavy atom. The van der Waals surface area contributed by atoms with Crippen LogP contribution in [0.1, 0.15) is 32.3 Å². The highest BCUT2D eigenvalue weighted by atomic mass is 16.5. The van der Waals surface area contributed by atoms with Gasteiger partial charge in [-0.15, -0.1) is 0 Å². The van der Waals surface area contributed by atoms with Gasteiger partial charge in [-0.2, -0.15) is 0 Å². The first-order chi connectivity index (χ1) is 8.15. The van der Waals surface area contributed by atoms with E-state index < -0.39 is 0 Å². The van der Waals surface area contributed by atoms with Crippen LogP contribution in [0.15, 0.2) is 18.2 Å². The van der Waals surface area contributed by atoms with Gasteiger partial charge in [-0.25, -0.2) is 0 Å². The third kappa shape index (κ3) is 5.09. The molecule has 1 aromatic carbocycles. The Kier molecular flexibility index (Phi) is 5.84. The van der Waals surface area contributed by atoms with Gasteiger partial charge in [0.1, 0.15) is 11.5 Å². The van der Waals surface area contributed by atoms with Crippen molar-refractivity contribution in [2.45, 2.75) is 33.2 Å². The first-order valence-corrected chi connectivity index (χ1v) is 6.16. The van der Waals surface area contributed by atoms with Gasteiger partial charge in [0.25, 0.3) is 0 Å². The van der Waals surface area contributed by atoms with Crippen LogP contribution in [0.4, 0.5) is 0 Å². The molecule has 2 N–H and O–H groups in total. The van der Waals surface area contributed by atoms with Crippen molar-refractivity contribution < 1.29 is 9.47 Å². The van der Waals surface area contributed by atoms with Crippen LogP contribution in [0.3, 0.4) is 0 Å². The molecule has 1 rings (SSSR count). The third-order valence-electron chi connectivity index (χ3n) is 2.61. The smallest absolute Gasteiger partial charge is 0.123 e. The molecule has 0 aliphatic rings. The SMILES string of the molecule is COc1cc(CN)cc(OCCCC(C)C)c1. The van der Waals surface area contributed by atoms with Gasteiger partial charge in [-0.3, -0.25) is 0 Å². The van der Waals surface area contributed by atoms with Crippen molar-refractivity contribution in [3.63, 3.8) is 0 Å². The predicted molar refractivity (Wildman–Crippen MR) is 70.5 cm³/mol. The molecule has 0 saturated heterocycles. The van der Waals surface area contributed by atoms with Crippen LogP contribution in [0.2, 0.25) is 0 Å². The van der Waals surface area contributed by atoms with Gasteiger partial charge in [0, 0.05) is 12.6 Å². The lowest BCUT2D eigenvalue weighted by molar-refractivity contribution is 0.295. The molecule has 0 spiro atoms. The molecule has 3 heteroatoms. The molecule has 0 radical (unpaired) electrons. The van der Waals surface area contributed by atoms with E-state index in [4.69, 9.17) is 15.2 Å². The van der Waals surface area contributed by atoms with E-state index in [1.165, 1.54) is 6.42 Å². The van der Waals surface area contributed by atoms with Crippen LogP contribution in [0.5, 0.6) is 11.5 Å². The first kappa shape index (κ1) is 13.8. The fraction of sp³-hybridized carbons (Fsp3) is 0.571. The number of benzene rings is 1. The summed E-state index contributed by atoms with van der Waals surface area (Å²) < 4.78 is 10.9. The first-order valence-electron chi connectivity index (χ1n) is 6.16. The van der Waals surface area contributed by atoms with Crippen LogP contribution in [-0.2, 0) is 6.54 Å². The Morgan fingerprint density at radius 1 is 1.18 bits per heavy atom. The van der Waals surface area contributed by atoms with Gasteiger partial charge in [0.05, 0.1) is 13.7 Å². The highest BCUT2D eigenvalue weighted by Gasteiger charge is 2.02. The van der Waals surface area contributed by atoms with Gasteiger partial charge >= 0.3 is 0 Å². The zero-order chi connectivity index (χ0) is 12.7. The predicted octanol–water partition coefficient (Wildman–Crippen LogP) is 2.97. The summed E-state index contributed by atoms with van der Waals surface area (Å²) >= 11 is 0. The van der Waals surface area contributed by atoms with Crippen molar-refractivity contribution in [1.29, 1.82) is 0 Å². The monoisotopic (exact) mass is 237 g/mol. The lowest BCUT2D eigenvalue weighted by Gasteiger charge is -2.10. The Hall–Kier alpha value is -1.22. The Bertz CT molecular complexity index is 315. The highest BCUT2D eigenvalue weighted by Crippen LogP contribution is 2.22. The molecule has 96 valence electrons. The Labute approximate surface area is 104 Å². The van der Waals surface area contributed by atoms with Gasteiger partial charge in [-0.05, 0) is 36.5 Å². The minimum Gasteiger partial charge on any atom is -0.497 e. The minimum absolute atomic E-state index is 0.500. The van der Waals surface area contributed by atoms with Gasteiger partial charge in [0.2, 0.25) is 0 Å². The van der Waals surface area contributed by atoms with E-state index in [9.17, 15) is 0 Å². The standard InChI is InChI=1S/C14H23NO2/c1-11(2)5-4-6-17-14-8-12(10-15)7-13(9-14)16-3/h7-9,11H,4-6,10,15H2,1-3H3. The molecular weight excluding hydrogens is 214 g/mol. The molecule has 0 heterocycles. The maximum atomic E-state index is 5.71. The summed E-state index contributed by atoms with van der Waals surface area (Å²) in [6, 6.07) is 5.80. The molecule has 0 aromatic heterocycles. The molecule has 0 atom stereocenters. The largest absolute Gasteiger partial charge is 0.497 e. The minimum atomic E-state index is 0.500. The molecule has 0 amide bonds. The van der Waals surface area contributed by atoms with E-state index in [-0.39, 0.29) is 0 Å². The van der Waals surface area contributed by atoms with Crippen molar-refractivity contribution in [2.24, 2.45) is 11.7 Å². The zero-order valence-electron chi connectivity index (χ0n) is 11.0. The maximum absolute atomic E-state index is 5.71. The number of rotatable bonds is 7. The van der Waals surface area contributed by atoms with E-state index in [1.54, 1.807) is 7.11 Å². The van der Waals surface area contributed by atoms with Crippen molar-refractivity contribution in [3.05, 3.63) is 23.8 Å². The fourth-order valence-corrected chi connectivity index (χ4v) is 1.63. The Morgan fingerprint density at radius 3 is 2.47 bits per heavy atom. The van der Waals surface area contributed by atoms with Crippen LogP contribution < -0.4 is 15.2 Å². The van der Waals surface area contributed by atoms with Crippen molar-refractivity contribution in [1.82, 2.24) is 0 Å². The van der Waals surface area contributed by atoms with Crippen LogP contribution in [0.25, 0.3) is 0 Å². The summed E-state index contributed by atoms with van der Waals surface area (Å²) in [6.07, 6.45) is 2.26. The number of nitrogens with two attached hydrogens (primary N) is 1. The molecule has 0 unspecified atom stereocenters. The average Bonchev–Trinajstić information content (AvgIpc) is 2.34. The molecule has 0 aliphatic heterocycles. The van der Waals surface area contributed by atoms with Crippen LogP contribution >= 0.6 is 0 Å². The average molecular weight is 237 g/mol. The second-order valence-corrected chi connectivity index (χ2v) is 4.61. The molecule has 17 heavy (non-hydrogen) atoms. The van der Waals surface area contributed by atoms with E-state index >= 15 is 0 Å². The quantitative estimate of drug-likeness (QED) is 0.741. The second-order valence-electron chi connectivity index (χ2n) is 4.61. The molecule has 1 aromatic rings. The molecule has 0 aliphatic carbocycles. The molecule has 0 bridgehead atoms. The van der Waals surface area contributed by atoms with Gasteiger partial charge < -0.3 is 15.2 Å². The van der Waals surface area contributed by atoms with Gasteiger partial charge in [-0.1, -0.05) is 13.8 Å². The second kappa shape index (κ2) is 7.17. The highest BCUT2D eigenvalue weighted by molar-refractivity contribution is 5.38. The number of hydrogen-bond acceptors (Lipinski definition) is 3. The summed E-state index contributed by atoms with van der Waals surface area (Å²) in [5, 5.41) is 0. The zero-order valence-corrected chi connectivity index (χ0v) is 11.0. The van der Waals surface area contributed by atoms with E-state index in [0.717, 1.165) is 36.0 Å². The normalized spacial score (nSPS) is 10.6. The van der Waals surface area contributed by atoms with Gasteiger partial charge in [0.15, 0.2) is 0 Å². The lowest BCUT2D eigenvalue weighted by atomic mass is 10.1. The number of ether oxygens (including phenoxy) is 2. The number of hydrogen-bond donors (Lipinski definition) is 1. The summed E-state index contributed by atoms with van der Waals surface area (Å²) in [5.41, 5.74) is 6.66. The third-order valence-corrected chi connectivity index (χ3v) is 2.61. The summed E-state index contributed by atoms with van der Waals surface area (Å²) in [7, 11) is 1.65. The van der Waals surface area contributed by atoms with E-state index in [0.29, 0.717) is 6.54 Å². The lowest BCUT2D eigenvalue weighted by Crippen LogP contribution is -2.02.